The fraction of sp³-hybridized carbons (Fsp3) is 0.389. The lowest BCUT2D eigenvalue weighted by Gasteiger charge is -2.05. The van der Waals surface area contributed by atoms with Crippen molar-refractivity contribution in [3.8, 4) is 0 Å². The predicted molar refractivity (Wildman–Crippen MR) is 117 cm³/mol. The highest BCUT2D eigenvalue weighted by Gasteiger charge is 2.32. The first-order chi connectivity index (χ1) is 14.1. The van der Waals surface area contributed by atoms with Gasteiger partial charge in [0.25, 0.3) is 10.0 Å². The highest BCUT2D eigenvalue weighted by molar-refractivity contribution is 7.98. The van der Waals surface area contributed by atoms with Crippen LogP contribution in [0.25, 0.3) is 0 Å². The smallest absolute Gasteiger partial charge is 0.263 e. The molecule has 0 bridgehead atoms. The fourth-order valence-electron chi connectivity index (χ4n) is 2.85. The highest BCUT2D eigenvalue weighted by Crippen LogP contribution is 2.26. The SMILES string of the molecule is CNS(=O)(=O)c1ccc2c(c1)S(=O)(=O)NC2=NCCSCc1ccc(CN(C)C)o1. The second-order valence-electron chi connectivity index (χ2n) is 6.86. The van der Waals surface area contributed by atoms with Crippen molar-refractivity contribution in [1.82, 2.24) is 14.3 Å². The molecule has 2 heterocycles. The van der Waals surface area contributed by atoms with Crippen molar-refractivity contribution >= 4 is 37.6 Å². The summed E-state index contributed by atoms with van der Waals surface area (Å²) in [7, 11) is -2.35. The molecule has 1 aromatic carbocycles. The maximum absolute atomic E-state index is 12.4. The van der Waals surface area contributed by atoms with E-state index < -0.39 is 20.0 Å². The summed E-state index contributed by atoms with van der Waals surface area (Å²) in [6.07, 6.45) is 0. The van der Waals surface area contributed by atoms with Gasteiger partial charge in [0, 0.05) is 11.3 Å². The number of nitrogens with one attached hydrogen (secondary N) is 2. The average Bonchev–Trinajstić information content (AvgIpc) is 3.22. The van der Waals surface area contributed by atoms with E-state index in [1.54, 1.807) is 11.8 Å². The lowest BCUT2D eigenvalue weighted by Crippen LogP contribution is -2.22. The Morgan fingerprint density at radius 2 is 1.93 bits per heavy atom. The number of hydrogen-bond acceptors (Lipinski definition) is 8. The summed E-state index contributed by atoms with van der Waals surface area (Å²) < 4.78 is 58.9. The van der Waals surface area contributed by atoms with Crippen LogP contribution < -0.4 is 9.44 Å². The molecule has 0 saturated carbocycles. The molecular formula is C18H24N4O5S3. The molecule has 3 rings (SSSR count). The third-order valence-electron chi connectivity index (χ3n) is 4.25. The van der Waals surface area contributed by atoms with Crippen LogP contribution in [0.3, 0.4) is 0 Å². The van der Waals surface area contributed by atoms with Crippen molar-refractivity contribution in [3.05, 3.63) is 47.4 Å². The first kappa shape index (κ1) is 22.8. The van der Waals surface area contributed by atoms with E-state index in [9.17, 15) is 16.8 Å². The van der Waals surface area contributed by atoms with E-state index in [1.807, 2.05) is 31.1 Å². The zero-order valence-corrected chi connectivity index (χ0v) is 19.3. The minimum atomic E-state index is -3.84. The van der Waals surface area contributed by atoms with Crippen LogP contribution in [0.15, 0.2) is 49.5 Å². The molecule has 2 N–H and O–H groups in total. The molecule has 0 unspecified atom stereocenters. The quantitative estimate of drug-likeness (QED) is 0.526. The number of aliphatic imine (C=N–C) groups is 1. The summed E-state index contributed by atoms with van der Waals surface area (Å²) in [5.74, 6) is 3.40. The Kier molecular flexibility index (Phi) is 6.92. The van der Waals surface area contributed by atoms with E-state index in [0.29, 0.717) is 23.6 Å². The minimum Gasteiger partial charge on any atom is -0.464 e. The first-order valence-corrected chi connectivity index (χ1v) is 13.2. The van der Waals surface area contributed by atoms with Gasteiger partial charge in [-0.05, 0) is 51.5 Å². The van der Waals surface area contributed by atoms with Crippen LogP contribution >= 0.6 is 11.8 Å². The fourth-order valence-corrected chi connectivity index (χ4v) is 5.68. The molecule has 164 valence electrons. The van der Waals surface area contributed by atoms with Crippen LogP contribution in [0, 0.1) is 0 Å². The number of amidine groups is 1. The van der Waals surface area contributed by atoms with Gasteiger partial charge in [0.1, 0.15) is 17.4 Å². The van der Waals surface area contributed by atoms with Gasteiger partial charge in [0.2, 0.25) is 10.0 Å². The van der Waals surface area contributed by atoms with Gasteiger partial charge >= 0.3 is 0 Å². The van der Waals surface area contributed by atoms with E-state index >= 15 is 0 Å². The van der Waals surface area contributed by atoms with Gasteiger partial charge in [0.15, 0.2) is 0 Å². The Bertz CT molecular complexity index is 1150. The van der Waals surface area contributed by atoms with E-state index in [2.05, 4.69) is 14.4 Å². The summed E-state index contributed by atoms with van der Waals surface area (Å²) in [6, 6.07) is 7.87. The summed E-state index contributed by atoms with van der Waals surface area (Å²) in [5.41, 5.74) is 0.370. The number of thioether (sulfide) groups is 1. The van der Waals surface area contributed by atoms with Gasteiger partial charge in [-0.1, -0.05) is 0 Å². The Morgan fingerprint density at radius 3 is 2.63 bits per heavy atom. The molecule has 0 radical (unpaired) electrons. The third kappa shape index (κ3) is 5.24. The lowest BCUT2D eigenvalue weighted by atomic mass is 10.2. The summed E-state index contributed by atoms with van der Waals surface area (Å²) in [4.78, 5) is 6.18. The molecule has 0 fully saturated rings. The topological polar surface area (TPSA) is 121 Å². The van der Waals surface area contributed by atoms with Gasteiger partial charge in [-0.3, -0.25) is 9.71 Å². The minimum absolute atomic E-state index is 0.0887. The Hall–Kier alpha value is -1.86. The maximum Gasteiger partial charge on any atom is 0.263 e. The van der Waals surface area contributed by atoms with Crippen LogP contribution in [-0.2, 0) is 32.3 Å². The average molecular weight is 473 g/mol. The second-order valence-corrected chi connectivity index (χ2v) is 11.5. The zero-order chi connectivity index (χ0) is 21.9. The summed E-state index contributed by atoms with van der Waals surface area (Å²) in [5, 5.41) is 0. The molecule has 0 amide bonds. The number of hydrogen-bond donors (Lipinski definition) is 2. The molecule has 12 heteroatoms. The van der Waals surface area contributed by atoms with Gasteiger partial charge in [-0.25, -0.2) is 21.6 Å². The molecule has 0 saturated heterocycles. The normalized spacial score (nSPS) is 16.7. The van der Waals surface area contributed by atoms with Crippen LogP contribution in [0.5, 0.6) is 0 Å². The number of fused-ring (bicyclic) bond motifs is 1. The van der Waals surface area contributed by atoms with E-state index in [4.69, 9.17) is 4.42 Å². The monoisotopic (exact) mass is 472 g/mol. The van der Waals surface area contributed by atoms with Crippen LogP contribution in [0.2, 0.25) is 0 Å². The molecular weight excluding hydrogens is 448 g/mol. The number of nitrogens with zero attached hydrogens (tertiary/aromatic N) is 2. The molecule has 0 spiro atoms. The third-order valence-corrected chi connectivity index (χ3v) is 8.00. The van der Waals surface area contributed by atoms with Gasteiger partial charge in [-0.15, -0.1) is 0 Å². The number of sulfonamides is 2. The molecule has 2 aromatic rings. The van der Waals surface area contributed by atoms with Crippen molar-refractivity contribution in [2.24, 2.45) is 4.99 Å². The zero-order valence-electron chi connectivity index (χ0n) is 16.9. The van der Waals surface area contributed by atoms with Crippen molar-refractivity contribution in [2.45, 2.75) is 22.1 Å². The molecule has 9 nitrogen and oxygen atoms in total. The van der Waals surface area contributed by atoms with Crippen molar-refractivity contribution < 1.29 is 21.3 Å². The van der Waals surface area contributed by atoms with Crippen molar-refractivity contribution in [2.75, 3.05) is 33.4 Å². The largest absolute Gasteiger partial charge is 0.464 e. The van der Waals surface area contributed by atoms with Gasteiger partial charge < -0.3 is 9.32 Å². The van der Waals surface area contributed by atoms with Gasteiger partial charge in [0.05, 0.1) is 28.6 Å². The molecule has 1 aliphatic heterocycles. The number of rotatable bonds is 9. The van der Waals surface area contributed by atoms with Crippen LogP contribution in [0.4, 0.5) is 0 Å². The number of benzene rings is 1. The van der Waals surface area contributed by atoms with Crippen LogP contribution in [0.1, 0.15) is 17.1 Å². The molecule has 0 atom stereocenters. The first-order valence-electron chi connectivity index (χ1n) is 9.08. The van der Waals surface area contributed by atoms with Crippen LogP contribution in [-0.4, -0.2) is 61.0 Å². The molecule has 1 aliphatic rings. The predicted octanol–water partition coefficient (Wildman–Crippen LogP) is 1.22. The highest BCUT2D eigenvalue weighted by atomic mass is 32.2. The summed E-state index contributed by atoms with van der Waals surface area (Å²) >= 11 is 1.63. The van der Waals surface area contributed by atoms with Crippen molar-refractivity contribution in [1.29, 1.82) is 0 Å². The molecule has 30 heavy (non-hydrogen) atoms. The Balaban J connectivity index is 1.62. The lowest BCUT2D eigenvalue weighted by molar-refractivity contribution is 0.344. The maximum atomic E-state index is 12.4. The molecule has 0 aliphatic carbocycles. The van der Waals surface area contributed by atoms with Gasteiger partial charge in [-0.2, -0.15) is 11.8 Å². The second kappa shape index (κ2) is 9.10. The number of furan rings is 1. The Morgan fingerprint density at radius 1 is 1.20 bits per heavy atom. The van der Waals surface area contributed by atoms with Crippen molar-refractivity contribution in [3.63, 3.8) is 0 Å². The standard InChI is InChI=1S/C18H24N4O5S3/c1-19-29(23,24)15-6-7-16-17(10-15)30(25,26)21-18(16)20-8-9-28-12-14-5-4-13(27-14)11-22(2)3/h4-7,10,19H,8-9,11-12H2,1-3H3,(H,20,21). The van der Waals surface area contributed by atoms with E-state index in [0.717, 1.165) is 24.1 Å². The summed E-state index contributed by atoms with van der Waals surface area (Å²) in [6.45, 7) is 1.15. The van der Waals surface area contributed by atoms with E-state index in [1.165, 1.54) is 19.2 Å². The van der Waals surface area contributed by atoms with E-state index in [-0.39, 0.29) is 15.6 Å². The Labute approximate surface area is 181 Å². The molecule has 1 aromatic heterocycles.